The van der Waals surface area contributed by atoms with Gasteiger partial charge in [0.25, 0.3) is 0 Å². The maximum atomic E-state index is 13.6. The molecular formula is C15H16BrFN2O. The summed E-state index contributed by atoms with van der Waals surface area (Å²) in [6.07, 6.45) is 0. The lowest BCUT2D eigenvalue weighted by Crippen LogP contribution is -2.29. The molecule has 0 saturated heterocycles. The molecule has 1 unspecified atom stereocenters. The maximum absolute atomic E-state index is 13.6. The van der Waals surface area contributed by atoms with Crippen molar-refractivity contribution in [2.75, 3.05) is 6.61 Å². The molecule has 0 amide bonds. The molecule has 5 heteroatoms. The van der Waals surface area contributed by atoms with Crippen molar-refractivity contribution in [1.82, 2.24) is 5.43 Å². The standard InChI is InChI=1S/C15H16BrFN2O/c1-2-20-14-6-4-3-5-13(14)15(19-18)10-7-11(16)9-12(17)8-10/h3-9,15,19H,2,18H2,1H3. The molecule has 20 heavy (non-hydrogen) atoms. The third kappa shape index (κ3) is 3.36. The number of nitrogens with one attached hydrogen (secondary N) is 1. The van der Waals surface area contributed by atoms with Gasteiger partial charge >= 0.3 is 0 Å². The Hall–Kier alpha value is -1.43. The molecule has 0 saturated carbocycles. The van der Waals surface area contributed by atoms with Crippen LogP contribution in [0.4, 0.5) is 4.39 Å². The van der Waals surface area contributed by atoms with E-state index in [0.29, 0.717) is 11.1 Å². The molecule has 2 aromatic carbocycles. The first-order chi connectivity index (χ1) is 9.65. The normalized spacial score (nSPS) is 12.2. The van der Waals surface area contributed by atoms with Crippen LogP contribution in [0.2, 0.25) is 0 Å². The van der Waals surface area contributed by atoms with Crippen molar-refractivity contribution in [3.05, 3.63) is 63.9 Å². The van der Waals surface area contributed by atoms with E-state index in [1.54, 1.807) is 0 Å². The molecule has 0 fully saturated rings. The van der Waals surface area contributed by atoms with Crippen molar-refractivity contribution in [1.29, 1.82) is 0 Å². The first kappa shape index (κ1) is 15.0. The Labute approximate surface area is 126 Å². The average molecular weight is 339 g/mol. The molecule has 0 aliphatic heterocycles. The average Bonchev–Trinajstić information content (AvgIpc) is 2.41. The second kappa shape index (κ2) is 6.83. The highest BCUT2D eigenvalue weighted by molar-refractivity contribution is 9.10. The maximum Gasteiger partial charge on any atom is 0.124 e. The van der Waals surface area contributed by atoms with Crippen LogP contribution >= 0.6 is 15.9 Å². The van der Waals surface area contributed by atoms with Crippen LogP contribution in [0.5, 0.6) is 5.75 Å². The van der Waals surface area contributed by atoms with Crippen molar-refractivity contribution < 1.29 is 9.13 Å². The molecule has 2 aromatic rings. The highest BCUT2D eigenvalue weighted by Gasteiger charge is 2.18. The zero-order valence-electron chi connectivity index (χ0n) is 11.1. The van der Waals surface area contributed by atoms with E-state index in [2.05, 4.69) is 21.4 Å². The van der Waals surface area contributed by atoms with Gasteiger partial charge in [-0.25, -0.2) is 9.82 Å². The van der Waals surface area contributed by atoms with Crippen LogP contribution in [0.15, 0.2) is 46.9 Å². The van der Waals surface area contributed by atoms with Gasteiger partial charge in [-0.2, -0.15) is 0 Å². The van der Waals surface area contributed by atoms with Crippen molar-refractivity contribution >= 4 is 15.9 Å². The van der Waals surface area contributed by atoms with Crippen LogP contribution in [0.1, 0.15) is 24.1 Å². The fraction of sp³-hybridized carbons (Fsp3) is 0.200. The lowest BCUT2D eigenvalue weighted by molar-refractivity contribution is 0.333. The Bertz CT molecular complexity index is 572. The number of para-hydroxylation sites is 1. The van der Waals surface area contributed by atoms with E-state index in [0.717, 1.165) is 16.9 Å². The number of hydrogen-bond donors (Lipinski definition) is 2. The minimum absolute atomic E-state index is 0.316. The predicted molar refractivity (Wildman–Crippen MR) is 80.9 cm³/mol. The monoisotopic (exact) mass is 338 g/mol. The minimum Gasteiger partial charge on any atom is -0.494 e. The largest absolute Gasteiger partial charge is 0.494 e. The third-order valence-corrected chi connectivity index (χ3v) is 3.37. The fourth-order valence-electron chi connectivity index (χ4n) is 2.11. The molecule has 0 bridgehead atoms. The van der Waals surface area contributed by atoms with Gasteiger partial charge < -0.3 is 4.74 Å². The topological polar surface area (TPSA) is 47.3 Å². The van der Waals surface area contributed by atoms with E-state index >= 15 is 0 Å². The lowest BCUT2D eigenvalue weighted by atomic mass is 9.98. The molecule has 106 valence electrons. The zero-order chi connectivity index (χ0) is 14.5. The smallest absolute Gasteiger partial charge is 0.124 e. The van der Waals surface area contributed by atoms with Gasteiger partial charge in [-0.05, 0) is 36.8 Å². The molecule has 3 N–H and O–H groups in total. The fourth-order valence-corrected chi connectivity index (χ4v) is 2.60. The number of halogens is 2. The Balaban J connectivity index is 2.46. The molecule has 3 nitrogen and oxygen atoms in total. The van der Waals surface area contributed by atoms with E-state index in [9.17, 15) is 4.39 Å². The van der Waals surface area contributed by atoms with Crippen LogP contribution in [0.3, 0.4) is 0 Å². The van der Waals surface area contributed by atoms with Crippen LogP contribution in [-0.4, -0.2) is 6.61 Å². The van der Waals surface area contributed by atoms with Gasteiger partial charge in [-0.1, -0.05) is 34.1 Å². The van der Waals surface area contributed by atoms with E-state index in [1.807, 2.05) is 37.3 Å². The number of benzene rings is 2. The summed E-state index contributed by atoms with van der Waals surface area (Å²) in [5.74, 6) is 6.08. The quantitative estimate of drug-likeness (QED) is 0.647. The van der Waals surface area contributed by atoms with E-state index in [-0.39, 0.29) is 11.9 Å². The summed E-state index contributed by atoms with van der Waals surface area (Å²) >= 11 is 3.29. The minimum atomic E-state index is -0.343. The summed E-state index contributed by atoms with van der Waals surface area (Å²) in [7, 11) is 0. The SMILES string of the molecule is CCOc1ccccc1C(NN)c1cc(F)cc(Br)c1. The van der Waals surface area contributed by atoms with E-state index in [1.165, 1.54) is 12.1 Å². The number of ether oxygens (including phenoxy) is 1. The Morgan fingerprint density at radius 2 is 2.05 bits per heavy atom. The van der Waals surface area contributed by atoms with Crippen molar-refractivity contribution in [3.8, 4) is 5.75 Å². The molecule has 0 aromatic heterocycles. The second-order valence-corrected chi connectivity index (χ2v) is 5.19. The lowest BCUT2D eigenvalue weighted by Gasteiger charge is -2.20. The van der Waals surface area contributed by atoms with Crippen LogP contribution < -0.4 is 16.0 Å². The molecule has 0 spiro atoms. The molecule has 0 aliphatic carbocycles. The van der Waals surface area contributed by atoms with Gasteiger partial charge in [-0.15, -0.1) is 0 Å². The van der Waals surface area contributed by atoms with Gasteiger partial charge in [0.1, 0.15) is 11.6 Å². The first-order valence-electron chi connectivity index (χ1n) is 6.29. The highest BCUT2D eigenvalue weighted by Crippen LogP contribution is 2.31. The van der Waals surface area contributed by atoms with Crippen molar-refractivity contribution in [3.63, 3.8) is 0 Å². The Morgan fingerprint density at radius 1 is 1.30 bits per heavy atom. The number of hydrogen-bond acceptors (Lipinski definition) is 3. The summed E-state index contributed by atoms with van der Waals surface area (Å²) in [4.78, 5) is 0. The Kier molecular flexibility index (Phi) is 5.11. The third-order valence-electron chi connectivity index (χ3n) is 2.91. The summed E-state index contributed by atoms with van der Waals surface area (Å²) in [6, 6.07) is 11.9. The molecular weight excluding hydrogens is 323 g/mol. The number of hydrazine groups is 1. The number of nitrogens with two attached hydrogens (primary N) is 1. The van der Waals surface area contributed by atoms with E-state index in [4.69, 9.17) is 10.6 Å². The highest BCUT2D eigenvalue weighted by atomic mass is 79.9. The summed E-state index contributed by atoms with van der Waals surface area (Å²) < 4.78 is 19.8. The van der Waals surface area contributed by atoms with Crippen LogP contribution in [-0.2, 0) is 0 Å². The van der Waals surface area contributed by atoms with Gasteiger partial charge in [0.15, 0.2) is 0 Å². The summed E-state index contributed by atoms with van der Waals surface area (Å²) in [6.45, 7) is 2.47. The molecule has 0 radical (unpaired) electrons. The van der Waals surface area contributed by atoms with Crippen molar-refractivity contribution in [2.45, 2.75) is 13.0 Å². The van der Waals surface area contributed by atoms with Gasteiger partial charge in [0.05, 0.1) is 12.6 Å². The molecule has 2 rings (SSSR count). The van der Waals surface area contributed by atoms with Crippen LogP contribution in [0.25, 0.3) is 0 Å². The Morgan fingerprint density at radius 3 is 2.70 bits per heavy atom. The molecule has 0 heterocycles. The number of rotatable bonds is 5. The predicted octanol–water partition coefficient (Wildman–Crippen LogP) is 3.54. The van der Waals surface area contributed by atoms with Gasteiger partial charge in [0.2, 0.25) is 0 Å². The van der Waals surface area contributed by atoms with Gasteiger partial charge in [-0.3, -0.25) is 5.84 Å². The zero-order valence-corrected chi connectivity index (χ0v) is 12.7. The molecule has 1 atom stereocenters. The summed E-state index contributed by atoms with van der Waals surface area (Å²) in [5, 5.41) is 0. The van der Waals surface area contributed by atoms with Crippen molar-refractivity contribution in [2.24, 2.45) is 5.84 Å². The summed E-state index contributed by atoms with van der Waals surface area (Å²) in [5.41, 5.74) is 4.32. The molecule has 0 aliphatic rings. The van der Waals surface area contributed by atoms with Gasteiger partial charge in [0, 0.05) is 10.0 Å². The van der Waals surface area contributed by atoms with E-state index < -0.39 is 0 Å². The van der Waals surface area contributed by atoms with Crippen LogP contribution in [0, 0.1) is 5.82 Å². The first-order valence-corrected chi connectivity index (χ1v) is 7.08. The second-order valence-electron chi connectivity index (χ2n) is 4.27.